The topological polar surface area (TPSA) is 66.4 Å². The van der Waals surface area contributed by atoms with Crippen molar-refractivity contribution in [2.45, 2.75) is 25.9 Å². The van der Waals surface area contributed by atoms with E-state index in [1.54, 1.807) is 5.32 Å². The van der Waals surface area contributed by atoms with Crippen molar-refractivity contribution in [3.05, 3.63) is 0 Å². The summed E-state index contributed by atoms with van der Waals surface area (Å²) >= 11 is 0. The van der Waals surface area contributed by atoms with E-state index in [1.807, 2.05) is 0 Å². The number of rotatable bonds is 5. The lowest BCUT2D eigenvalue weighted by Gasteiger charge is -2.08. The van der Waals surface area contributed by atoms with Crippen LogP contribution in [0.15, 0.2) is 0 Å². The van der Waals surface area contributed by atoms with Crippen LogP contribution in [0.25, 0.3) is 0 Å². The first-order valence-electron chi connectivity index (χ1n) is 4.33. The second kappa shape index (κ2) is 5.57. The van der Waals surface area contributed by atoms with Gasteiger partial charge in [-0.3, -0.25) is 9.59 Å². The van der Waals surface area contributed by atoms with E-state index in [0.717, 1.165) is 0 Å². The van der Waals surface area contributed by atoms with Crippen LogP contribution in [-0.2, 0) is 9.59 Å². The van der Waals surface area contributed by atoms with Crippen molar-refractivity contribution in [2.75, 3.05) is 6.54 Å². The molecule has 0 radical (unpaired) electrons. The van der Waals surface area contributed by atoms with Gasteiger partial charge in [-0.05, 0) is 12.8 Å². The highest BCUT2D eigenvalue weighted by atomic mass is 19.4. The molecule has 0 rings (SSSR count). The minimum atomic E-state index is -4.88. The number of carboxylic acids is 1. The molecule has 0 fully saturated rings. The van der Waals surface area contributed by atoms with Crippen LogP contribution in [0.4, 0.5) is 13.2 Å². The number of carbonyl (C=O) groups is 2. The molecule has 0 aromatic carbocycles. The zero-order chi connectivity index (χ0) is 12.1. The Morgan fingerprint density at radius 2 is 1.93 bits per heavy atom. The van der Waals surface area contributed by atoms with Gasteiger partial charge in [0.15, 0.2) is 0 Å². The predicted molar refractivity (Wildman–Crippen MR) is 45.1 cm³/mol. The van der Waals surface area contributed by atoms with Crippen LogP contribution in [0.5, 0.6) is 0 Å². The summed E-state index contributed by atoms with van der Waals surface area (Å²) in [6.07, 6.45) is -4.44. The molecule has 0 aliphatic carbocycles. The van der Waals surface area contributed by atoms with Crippen LogP contribution in [0.3, 0.4) is 0 Å². The zero-order valence-corrected chi connectivity index (χ0v) is 8.10. The van der Waals surface area contributed by atoms with Gasteiger partial charge in [0, 0.05) is 6.54 Å². The van der Waals surface area contributed by atoms with Crippen molar-refractivity contribution in [1.82, 2.24) is 5.32 Å². The Kier molecular flexibility index (Phi) is 5.10. The standard InChI is InChI=1S/C8H12F3NO3/c1-5(6(13)14)3-2-4-12-7(15)8(9,10)11/h5H,2-4H2,1H3,(H,12,15)(H,13,14). The summed E-state index contributed by atoms with van der Waals surface area (Å²) in [5.41, 5.74) is 0. The van der Waals surface area contributed by atoms with Crippen molar-refractivity contribution in [2.24, 2.45) is 5.92 Å². The van der Waals surface area contributed by atoms with Gasteiger partial charge in [0.1, 0.15) is 0 Å². The summed E-state index contributed by atoms with van der Waals surface area (Å²) in [5.74, 6) is -3.62. The molecule has 15 heavy (non-hydrogen) atoms. The maximum absolute atomic E-state index is 11.7. The molecule has 7 heteroatoms. The van der Waals surface area contributed by atoms with E-state index in [9.17, 15) is 22.8 Å². The fourth-order valence-electron chi connectivity index (χ4n) is 0.834. The van der Waals surface area contributed by atoms with Crippen LogP contribution in [0.2, 0.25) is 0 Å². The molecule has 0 bridgehead atoms. The lowest BCUT2D eigenvalue weighted by atomic mass is 10.1. The summed E-state index contributed by atoms with van der Waals surface area (Å²) in [5, 5.41) is 10.1. The quantitative estimate of drug-likeness (QED) is 0.693. The summed E-state index contributed by atoms with van der Waals surface area (Å²) < 4.78 is 35.0. The summed E-state index contributed by atoms with van der Waals surface area (Å²) in [7, 11) is 0. The molecule has 4 nitrogen and oxygen atoms in total. The van der Waals surface area contributed by atoms with Crippen LogP contribution in [0.1, 0.15) is 19.8 Å². The number of halogens is 3. The number of hydrogen-bond acceptors (Lipinski definition) is 2. The largest absolute Gasteiger partial charge is 0.481 e. The molecule has 0 heterocycles. The Hall–Kier alpha value is -1.27. The SMILES string of the molecule is CC(CCCNC(=O)C(F)(F)F)C(=O)O. The fraction of sp³-hybridized carbons (Fsp3) is 0.750. The van der Waals surface area contributed by atoms with E-state index in [1.165, 1.54) is 6.92 Å². The van der Waals surface area contributed by atoms with Crippen molar-refractivity contribution < 1.29 is 27.9 Å². The molecule has 2 N–H and O–H groups in total. The third kappa shape index (κ3) is 5.92. The van der Waals surface area contributed by atoms with Gasteiger partial charge < -0.3 is 10.4 Å². The number of hydrogen-bond donors (Lipinski definition) is 2. The Bertz CT molecular complexity index is 240. The molecular weight excluding hydrogens is 215 g/mol. The molecule has 1 unspecified atom stereocenters. The number of nitrogens with one attached hydrogen (secondary N) is 1. The fourth-order valence-corrected chi connectivity index (χ4v) is 0.834. The van der Waals surface area contributed by atoms with Crippen LogP contribution in [0, 0.1) is 5.92 Å². The predicted octanol–water partition coefficient (Wildman–Crippen LogP) is 1.17. The van der Waals surface area contributed by atoms with Gasteiger partial charge in [0.2, 0.25) is 0 Å². The third-order valence-electron chi connectivity index (χ3n) is 1.78. The maximum atomic E-state index is 11.7. The number of amides is 1. The lowest BCUT2D eigenvalue weighted by Crippen LogP contribution is -2.37. The number of alkyl halides is 3. The van der Waals surface area contributed by atoms with Crippen molar-refractivity contribution in [3.63, 3.8) is 0 Å². The molecular formula is C8H12F3NO3. The van der Waals surface area contributed by atoms with Gasteiger partial charge in [-0.1, -0.05) is 6.92 Å². The van der Waals surface area contributed by atoms with Crippen LogP contribution >= 0.6 is 0 Å². The van der Waals surface area contributed by atoms with E-state index < -0.39 is 24.0 Å². The average Bonchev–Trinajstić information content (AvgIpc) is 2.09. The number of carbonyl (C=O) groups excluding carboxylic acids is 1. The molecule has 1 amide bonds. The molecule has 0 spiro atoms. The molecule has 0 aliphatic heterocycles. The van der Waals surface area contributed by atoms with Crippen molar-refractivity contribution in [3.8, 4) is 0 Å². The normalized spacial score (nSPS) is 13.3. The van der Waals surface area contributed by atoms with E-state index in [4.69, 9.17) is 5.11 Å². The molecule has 0 saturated carbocycles. The second-order valence-electron chi connectivity index (χ2n) is 3.14. The first-order chi connectivity index (χ1) is 6.75. The third-order valence-corrected chi connectivity index (χ3v) is 1.78. The Labute approximate surface area is 84.5 Å². The monoisotopic (exact) mass is 227 g/mol. The molecule has 1 atom stereocenters. The zero-order valence-electron chi connectivity index (χ0n) is 8.10. The average molecular weight is 227 g/mol. The highest BCUT2D eigenvalue weighted by Crippen LogP contribution is 2.14. The number of aliphatic carboxylic acids is 1. The maximum Gasteiger partial charge on any atom is 0.471 e. The van der Waals surface area contributed by atoms with E-state index >= 15 is 0 Å². The number of carboxylic acid groups (broad SMARTS) is 1. The van der Waals surface area contributed by atoms with Gasteiger partial charge in [-0.25, -0.2) is 0 Å². The van der Waals surface area contributed by atoms with Gasteiger partial charge >= 0.3 is 18.1 Å². The van der Waals surface area contributed by atoms with E-state index in [2.05, 4.69) is 0 Å². The molecule has 0 aliphatic rings. The minimum absolute atomic E-state index is 0.171. The molecule has 0 aromatic heterocycles. The van der Waals surface area contributed by atoms with Crippen molar-refractivity contribution >= 4 is 11.9 Å². The minimum Gasteiger partial charge on any atom is -0.481 e. The summed E-state index contributed by atoms with van der Waals surface area (Å²) in [6.45, 7) is 1.28. The lowest BCUT2D eigenvalue weighted by molar-refractivity contribution is -0.173. The van der Waals surface area contributed by atoms with Crippen molar-refractivity contribution in [1.29, 1.82) is 0 Å². The van der Waals surface area contributed by atoms with Gasteiger partial charge in [0.05, 0.1) is 5.92 Å². The molecule has 0 aromatic rings. The molecule has 0 saturated heterocycles. The van der Waals surface area contributed by atoms with Gasteiger partial charge in [-0.2, -0.15) is 13.2 Å². The highest BCUT2D eigenvalue weighted by molar-refractivity contribution is 5.81. The van der Waals surface area contributed by atoms with E-state index in [0.29, 0.717) is 0 Å². The second-order valence-corrected chi connectivity index (χ2v) is 3.14. The van der Waals surface area contributed by atoms with E-state index in [-0.39, 0.29) is 19.4 Å². The van der Waals surface area contributed by atoms with Crippen LogP contribution < -0.4 is 5.32 Å². The smallest absolute Gasteiger partial charge is 0.471 e. The van der Waals surface area contributed by atoms with Gasteiger partial charge in [-0.15, -0.1) is 0 Å². The highest BCUT2D eigenvalue weighted by Gasteiger charge is 2.38. The summed E-state index contributed by atoms with van der Waals surface area (Å²) in [4.78, 5) is 20.6. The van der Waals surface area contributed by atoms with Gasteiger partial charge in [0.25, 0.3) is 0 Å². The summed E-state index contributed by atoms with van der Waals surface area (Å²) in [6, 6.07) is 0. The first-order valence-corrected chi connectivity index (χ1v) is 4.33. The Morgan fingerprint density at radius 1 is 1.40 bits per heavy atom. The van der Waals surface area contributed by atoms with Crippen LogP contribution in [-0.4, -0.2) is 29.7 Å². The Balaban J connectivity index is 3.64. The molecule has 88 valence electrons. The first kappa shape index (κ1) is 13.7. The Morgan fingerprint density at radius 3 is 2.33 bits per heavy atom.